The highest BCUT2D eigenvalue weighted by Gasteiger charge is 2.17. The minimum absolute atomic E-state index is 0.830. The Hall–Kier alpha value is -0.990. The molecule has 3 N–H and O–H groups in total. The van der Waals surface area contributed by atoms with Gasteiger partial charge in [0, 0.05) is 23.1 Å². The van der Waals surface area contributed by atoms with Crippen molar-refractivity contribution in [3.8, 4) is 0 Å². The average Bonchev–Trinajstić information content (AvgIpc) is 2.59. The van der Waals surface area contributed by atoms with Gasteiger partial charge in [0.2, 0.25) is 0 Å². The maximum Gasteiger partial charge on any atom is 0.104 e. The Balaban J connectivity index is 2.36. The molecule has 1 aliphatic rings. The minimum atomic E-state index is 0.830. The number of aromatic amines is 1. The number of quaternary nitrogens is 1. The minimum Gasteiger partial charge on any atom is -0.357 e. The van der Waals surface area contributed by atoms with Gasteiger partial charge in [-0.05, 0) is 6.07 Å². The first-order chi connectivity index (χ1) is 6.86. The van der Waals surface area contributed by atoms with Gasteiger partial charge in [0.05, 0.1) is 17.1 Å². The lowest BCUT2D eigenvalue weighted by Gasteiger charge is -2.09. The van der Waals surface area contributed by atoms with Crippen molar-refractivity contribution >= 4 is 22.5 Å². The maximum absolute atomic E-state index is 6.14. The van der Waals surface area contributed by atoms with Crippen LogP contribution >= 0.6 is 11.6 Å². The van der Waals surface area contributed by atoms with Gasteiger partial charge >= 0.3 is 0 Å². The van der Waals surface area contributed by atoms with E-state index in [1.165, 1.54) is 23.2 Å². The summed E-state index contributed by atoms with van der Waals surface area (Å²) in [5.41, 5.74) is 3.92. The molecular weight excluding hydrogens is 196 g/mol. The lowest BCUT2D eigenvalue weighted by molar-refractivity contribution is -0.673. The fraction of sp³-hybridized carbons (Fsp3) is 0.273. The SMILES string of the molecule is Clc1cccc2c3c([nH]c12)CC[NH2+]C3. The number of fused-ring (bicyclic) bond motifs is 3. The second-order valence-corrected chi connectivity index (χ2v) is 4.18. The molecule has 0 saturated carbocycles. The third-order valence-electron chi connectivity index (χ3n) is 2.93. The van der Waals surface area contributed by atoms with E-state index in [2.05, 4.69) is 16.4 Å². The van der Waals surface area contributed by atoms with E-state index in [9.17, 15) is 0 Å². The van der Waals surface area contributed by atoms with Crippen molar-refractivity contribution in [2.75, 3.05) is 6.54 Å². The van der Waals surface area contributed by atoms with E-state index in [0.717, 1.165) is 23.5 Å². The average molecular weight is 208 g/mol. The molecule has 1 aromatic carbocycles. The molecule has 3 heteroatoms. The number of hydrogen-bond donors (Lipinski definition) is 2. The monoisotopic (exact) mass is 207 g/mol. The molecule has 0 unspecified atom stereocenters. The molecule has 3 rings (SSSR count). The zero-order chi connectivity index (χ0) is 9.54. The quantitative estimate of drug-likeness (QED) is 0.656. The predicted octanol–water partition coefficient (Wildman–Crippen LogP) is 1.44. The Morgan fingerprint density at radius 2 is 2.29 bits per heavy atom. The van der Waals surface area contributed by atoms with Crippen LogP contribution in [0.1, 0.15) is 11.3 Å². The van der Waals surface area contributed by atoms with E-state index >= 15 is 0 Å². The number of halogens is 1. The van der Waals surface area contributed by atoms with Crippen molar-refractivity contribution < 1.29 is 5.32 Å². The number of aromatic nitrogens is 1. The molecule has 2 nitrogen and oxygen atoms in total. The Morgan fingerprint density at radius 3 is 3.21 bits per heavy atom. The molecule has 0 radical (unpaired) electrons. The summed E-state index contributed by atoms with van der Waals surface area (Å²) in [4.78, 5) is 3.43. The Morgan fingerprint density at radius 1 is 1.36 bits per heavy atom. The Bertz CT molecular complexity index is 487. The van der Waals surface area contributed by atoms with Gasteiger partial charge in [0.1, 0.15) is 6.54 Å². The summed E-state index contributed by atoms with van der Waals surface area (Å²) in [5.74, 6) is 0. The first-order valence-electron chi connectivity index (χ1n) is 4.96. The molecule has 0 bridgehead atoms. The van der Waals surface area contributed by atoms with Gasteiger partial charge in [-0.25, -0.2) is 0 Å². The number of nitrogens with one attached hydrogen (secondary N) is 1. The van der Waals surface area contributed by atoms with E-state index in [4.69, 9.17) is 11.6 Å². The van der Waals surface area contributed by atoms with Gasteiger partial charge in [-0.3, -0.25) is 0 Å². The highest BCUT2D eigenvalue weighted by Crippen LogP contribution is 2.28. The summed E-state index contributed by atoms with van der Waals surface area (Å²) in [5, 5.41) is 4.47. The Kier molecular flexibility index (Phi) is 1.79. The molecule has 0 fully saturated rings. The fourth-order valence-electron chi connectivity index (χ4n) is 2.23. The van der Waals surface area contributed by atoms with E-state index in [-0.39, 0.29) is 0 Å². The van der Waals surface area contributed by atoms with E-state index in [1.54, 1.807) is 0 Å². The molecule has 0 saturated heterocycles. The van der Waals surface area contributed by atoms with Crippen LogP contribution < -0.4 is 5.32 Å². The lowest BCUT2D eigenvalue weighted by Crippen LogP contribution is -2.84. The molecular formula is C11H12ClN2+. The van der Waals surface area contributed by atoms with Gasteiger partial charge in [-0.1, -0.05) is 23.7 Å². The zero-order valence-corrected chi connectivity index (χ0v) is 8.56. The fourth-order valence-corrected chi connectivity index (χ4v) is 2.45. The number of benzene rings is 1. The second kappa shape index (κ2) is 3.01. The van der Waals surface area contributed by atoms with E-state index in [1.807, 2.05) is 12.1 Å². The second-order valence-electron chi connectivity index (χ2n) is 3.78. The number of H-pyrrole nitrogens is 1. The highest BCUT2D eigenvalue weighted by atomic mass is 35.5. The standard InChI is InChI=1S/C11H11ClN2/c12-9-3-1-2-7-8-6-13-5-4-10(8)14-11(7)9/h1-3,13-14H,4-6H2/p+1. The first-order valence-corrected chi connectivity index (χ1v) is 5.33. The van der Waals surface area contributed by atoms with Crippen LogP contribution in [0, 0.1) is 0 Å². The van der Waals surface area contributed by atoms with Gasteiger partial charge in [-0.2, -0.15) is 0 Å². The molecule has 1 aromatic heterocycles. The summed E-state index contributed by atoms with van der Waals surface area (Å²) >= 11 is 6.14. The van der Waals surface area contributed by atoms with Crippen LogP contribution in [0.15, 0.2) is 18.2 Å². The van der Waals surface area contributed by atoms with Gasteiger partial charge in [-0.15, -0.1) is 0 Å². The van der Waals surface area contributed by atoms with Crippen LogP contribution in [-0.4, -0.2) is 11.5 Å². The molecule has 2 heterocycles. The molecule has 1 aliphatic heterocycles. The molecule has 2 aromatic rings. The number of hydrogen-bond acceptors (Lipinski definition) is 0. The van der Waals surface area contributed by atoms with Crippen molar-refractivity contribution in [3.05, 3.63) is 34.5 Å². The van der Waals surface area contributed by atoms with Gasteiger partial charge in [0.15, 0.2) is 0 Å². The third kappa shape index (κ3) is 1.08. The molecule has 0 aliphatic carbocycles. The van der Waals surface area contributed by atoms with Crippen LogP contribution in [0.2, 0.25) is 5.02 Å². The van der Waals surface area contributed by atoms with E-state index < -0.39 is 0 Å². The van der Waals surface area contributed by atoms with E-state index in [0.29, 0.717) is 0 Å². The van der Waals surface area contributed by atoms with Crippen LogP contribution in [0.4, 0.5) is 0 Å². The number of para-hydroxylation sites is 1. The topological polar surface area (TPSA) is 32.4 Å². The molecule has 0 amide bonds. The maximum atomic E-state index is 6.14. The smallest absolute Gasteiger partial charge is 0.104 e. The predicted molar refractivity (Wildman–Crippen MR) is 57.5 cm³/mol. The summed E-state index contributed by atoms with van der Waals surface area (Å²) < 4.78 is 0. The van der Waals surface area contributed by atoms with Gasteiger partial charge in [0.25, 0.3) is 0 Å². The summed E-state index contributed by atoms with van der Waals surface area (Å²) in [6, 6.07) is 6.11. The number of nitrogens with two attached hydrogens (primary N) is 1. The normalized spacial score (nSPS) is 15.8. The van der Waals surface area contributed by atoms with Crippen LogP contribution in [0.25, 0.3) is 10.9 Å². The van der Waals surface area contributed by atoms with Crippen LogP contribution in [0.3, 0.4) is 0 Å². The van der Waals surface area contributed by atoms with Gasteiger partial charge < -0.3 is 10.3 Å². The van der Waals surface area contributed by atoms with Crippen molar-refractivity contribution in [3.63, 3.8) is 0 Å². The molecule has 0 spiro atoms. The van der Waals surface area contributed by atoms with Crippen LogP contribution in [-0.2, 0) is 13.0 Å². The first kappa shape index (κ1) is 8.33. The highest BCUT2D eigenvalue weighted by molar-refractivity contribution is 6.35. The van der Waals surface area contributed by atoms with Crippen molar-refractivity contribution in [1.82, 2.24) is 4.98 Å². The lowest BCUT2D eigenvalue weighted by atomic mass is 10.1. The van der Waals surface area contributed by atoms with Crippen molar-refractivity contribution in [2.24, 2.45) is 0 Å². The van der Waals surface area contributed by atoms with Crippen molar-refractivity contribution in [2.45, 2.75) is 13.0 Å². The van der Waals surface area contributed by atoms with Crippen molar-refractivity contribution in [1.29, 1.82) is 0 Å². The summed E-state index contributed by atoms with van der Waals surface area (Å²) in [7, 11) is 0. The molecule has 0 atom stereocenters. The molecule has 72 valence electrons. The third-order valence-corrected chi connectivity index (χ3v) is 3.24. The summed E-state index contributed by atoms with van der Waals surface area (Å²) in [6.45, 7) is 2.26. The summed E-state index contributed by atoms with van der Waals surface area (Å²) in [6.07, 6.45) is 1.13. The molecule has 14 heavy (non-hydrogen) atoms. The zero-order valence-electron chi connectivity index (χ0n) is 7.81. The number of rotatable bonds is 0. The largest absolute Gasteiger partial charge is 0.357 e. The van der Waals surface area contributed by atoms with Crippen LogP contribution in [0.5, 0.6) is 0 Å². The Labute approximate surface area is 87.3 Å².